The fourth-order valence-electron chi connectivity index (χ4n) is 2.91. The fourth-order valence-corrected chi connectivity index (χ4v) is 2.91. The van der Waals surface area contributed by atoms with E-state index in [4.69, 9.17) is 5.26 Å². The third-order valence-corrected chi connectivity index (χ3v) is 4.30. The van der Waals surface area contributed by atoms with Gasteiger partial charge in [-0.05, 0) is 43.2 Å². The second-order valence-electron chi connectivity index (χ2n) is 6.30. The molecular formula is C15H23N3. The zero-order valence-electron chi connectivity index (χ0n) is 11.9. The molecule has 18 heavy (non-hydrogen) atoms. The first-order valence-electron chi connectivity index (χ1n) is 6.71. The highest BCUT2D eigenvalue weighted by atomic mass is 15.0. The molecule has 1 aliphatic rings. The molecule has 98 valence electrons. The first-order chi connectivity index (χ1) is 8.43. The van der Waals surface area contributed by atoms with Crippen LogP contribution < -0.4 is 5.32 Å². The number of nitrogens with zero attached hydrogens (tertiary/aromatic N) is 2. The number of nitriles is 1. The van der Waals surface area contributed by atoms with Crippen molar-refractivity contribution in [3.63, 3.8) is 0 Å². The molecule has 0 bridgehead atoms. The van der Waals surface area contributed by atoms with E-state index in [-0.39, 0.29) is 0 Å². The van der Waals surface area contributed by atoms with E-state index in [1.807, 2.05) is 17.7 Å². The standard InChI is InChI=1S/C15H23N3/c1-11-12(7-14(9-16)18(11)4)10-17-13-5-6-15(2,3)8-13/h7,13,17H,5-6,8,10H2,1-4H3. The molecule has 1 saturated carbocycles. The van der Waals surface area contributed by atoms with Crippen molar-refractivity contribution in [3.8, 4) is 6.07 Å². The predicted octanol–water partition coefficient (Wildman–Crippen LogP) is 2.87. The highest BCUT2D eigenvalue weighted by Crippen LogP contribution is 2.37. The molecule has 1 heterocycles. The Morgan fingerprint density at radius 2 is 2.28 bits per heavy atom. The van der Waals surface area contributed by atoms with E-state index in [1.54, 1.807) is 0 Å². The Balaban J connectivity index is 1.98. The van der Waals surface area contributed by atoms with Crippen molar-refractivity contribution in [2.45, 2.75) is 52.6 Å². The van der Waals surface area contributed by atoms with E-state index in [0.717, 1.165) is 12.2 Å². The smallest absolute Gasteiger partial charge is 0.120 e. The second-order valence-corrected chi connectivity index (χ2v) is 6.30. The van der Waals surface area contributed by atoms with Crippen molar-refractivity contribution < 1.29 is 0 Å². The SMILES string of the molecule is Cc1c(CNC2CCC(C)(C)C2)cc(C#N)n1C. The van der Waals surface area contributed by atoms with Gasteiger partial charge < -0.3 is 9.88 Å². The largest absolute Gasteiger partial charge is 0.340 e. The van der Waals surface area contributed by atoms with Crippen LogP contribution in [-0.4, -0.2) is 10.6 Å². The number of aromatic nitrogens is 1. The van der Waals surface area contributed by atoms with Crippen molar-refractivity contribution in [1.82, 2.24) is 9.88 Å². The zero-order chi connectivity index (χ0) is 13.3. The molecule has 1 fully saturated rings. The Bertz CT molecular complexity index is 477. The van der Waals surface area contributed by atoms with Crippen LogP contribution in [0.1, 0.15) is 50.1 Å². The van der Waals surface area contributed by atoms with E-state index in [9.17, 15) is 0 Å². The molecular weight excluding hydrogens is 222 g/mol. The van der Waals surface area contributed by atoms with E-state index in [1.165, 1.54) is 30.5 Å². The third-order valence-electron chi connectivity index (χ3n) is 4.30. The third kappa shape index (κ3) is 2.59. The summed E-state index contributed by atoms with van der Waals surface area (Å²) in [5.41, 5.74) is 3.67. The number of hydrogen-bond acceptors (Lipinski definition) is 2. The Morgan fingerprint density at radius 1 is 1.56 bits per heavy atom. The summed E-state index contributed by atoms with van der Waals surface area (Å²) in [7, 11) is 1.95. The van der Waals surface area contributed by atoms with Gasteiger partial charge in [0, 0.05) is 25.3 Å². The van der Waals surface area contributed by atoms with Crippen molar-refractivity contribution >= 4 is 0 Å². The van der Waals surface area contributed by atoms with Gasteiger partial charge in [0.1, 0.15) is 11.8 Å². The molecule has 0 spiro atoms. The molecule has 3 nitrogen and oxygen atoms in total. The van der Waals surface area contributed by atoms with Crippen LogP contribution in [0.25, 0.3) is 0 Å². The van der Waals surface area contributed by atoms with Crippen LogP contribution >= 0.6 is 0 Å². The van der Waals surface area contributed by atoms with Gasteiger partial charge in [0.15, 0.2) is 0 Å². The first-order valence-corrected chi connectivity index (χ1v) is 6.71. The lowest BCUT2D eigenvalue weighted by Crippen LogP contribution is -2.27. The molecule has 0 aromatic carbocycles. The summed E-state index contributed by atoms with van der Waals surface area (Å²) < 4.78 is 1.97. The minimum Gasteiger partial charge on any atom is -0.340 e. The van der Waals surface area contributed by atoms with Crippen LogP contribution in [-0.2, 0) is 13.6 Å². The number of nitrogens with one attached hydrogen (secondary N) is 1. The minimum absolute atomic E-state index is 0.487. The molecule has 1 unspecified atom stereocenters. The average molecular weight is 245 g/mol. The molecule has 0 amide bonds. The average Bonchev–Trinajstić information content (AvgIpc) is 2.79. The van der Waals surface area contributed by atoms with Crippen LogP contribution in [0.15, 0.2) is 6.07 Å². The summed E-state index contributed by atoms with van der Waals surface area (Å²) in [4.78, 5) is 0. The lowest BCUT2D eigenvalue weighted by Gasteiger charge is -2.17. The lowest BCUT2D eigenvalue weighted by molar-refractivity contribution is 0.364. The maximum atomic E-state index is 9.01. The highest BCUT2D eigenvalue weighted by molar-refractivity contribution is 5.34. The van der Waals surface area contributed by atoms with Crippen molar-refractivity contribution in [1.29, 1.82) is 5.26 Å². The van der Waals surface area contributed by atoms with Crippen molar-refractivity contribution in [2.24, 2.45) is 12.5 Å². The summed E-state index contributed by atoms with van der Waals surface area (Å²) in [6, 6.07) is 4.86. The molecule has 0 radical (unpaired) electrons. The molecule has 2 rings (SSSR count). The number of rotatable bonds is 3. The minimum atomic E-state index is 0.487. The summed E-state index contributed by atoms with van der Waals surface area (Å²) in [6.45, 7) is 7.64. The van der Waals surface area contributed by atoms with Gasteiger partial charge in [-0.1, -0.05) is 13.8 Å². The molecule has 1 aromatic heterocycles. The topological polar surface area (TPSA) is 40.8 Å². The zero-order valence-corrected chi connectivity index (χ0v) is 11.9. The van der Waals surface area contributed by atoms with Crippen LogP contribution in [0.3, 0.4) is 0 Å². The second kappa shape index (κ2) is 4.78. The van der Waals surface area contributed by atoms with Gasteiger partial charge >= 0.3 is 0 Å². The number of hydrogen-bond donors (Lipinski definition) is 1. The predicted molar refractivity (Wildman–Crippen MR) is 73.1 cm³/mol. The first kappa shape index (κ1) is 13.2. The molecule has 1 N–H and O–H groups in total. The van der Waals surface area contributed by atoms with E-state index in [2.05, 4.69) is 32.2 Å². The normalized spacial score (nSPS) is 22.1. The Morgan fingerprint density at radius 3 is 2.78 bits per heavy atom. The van der Waals surface area contributed by atoms with Crippen LogP contribution in [0.2, 0.25) is 0 Å². The summed E-state index contributed by atoms with van der Waals surface area (Å²) in [6.07, 6.45) is 3.83. The molecule has 0 aliphatic heterocycles. The van der Waals surface area contributed by atoms with Gasteiger partial charge in [-0.3, -0.25) is 0 Å². The molecule has 0 saturated heterocycles. The summed E-state index contributed by atoms with van der Waals surface area (Å²) in [5.74, 6) is 0. The van der Waals surface area contributed by atoms with Gasteiger partial charge in [0.05, 0.1) is 0 Å². The van der Waals surface area contributed by atoms with E-state index in [0.29, 0.717) is 11.5 Å². The van der Waals surface area contributed by atoms with E-state index >= 15 is 0 Å². The van der Waals surface area contributed by atoms with Gasteiger partial charge in [0.25, 0.3) is 0 Å². The maximum Gasteiger partial charge on any atom is 0.120 e. The Hall–Kier alpha value is -1.27. The van der Waals surface area contributed by atoms with Gasteiger partial charge in [-0.25, -0.2) is 0 Å². The van der Waals surface area contributed by atoms with Gasteiger partial charge in [-0.15, -0.1) is 0 Å². The summed E-state index contributed by atoms with van der Waals surface area (Å²) >= 11 is 0. The van der Waals surface area contributed by atoms with Crippen LogP contribution in [0.5, 0.6) is 0 Å². The van der Waals surface area contributed by atoms with Crippen LogP contribution in [0, 0.1) is 23.7 Å². The van der Waals surface area contributed by atoms with Crippen LogP contribution in [0.4, 0.5) is 0 Å². The molecule has 3 heteroatoms. The summed E-state index contributed by atoms with van der Waals surface area (Å²) in [5, 5.41) is 12.6. The Kier molecular flexibility index (Phi) is 3.49. The molecule has 1 aliphatic carbocycles. The van der Waals surface area contributed by atoms with Gasteiger partial charge in [0.2, 0.25) is 0 Å². The van der Waals surface area contributed by atoms with Crippen molar-refractivity contribution in [2.75, 3.05) is 0 Å². The maximum absolute atomic E-state index is 9.01. The fraction of sp³-hybridized carbons (Fsp3) is 0.667. The van der Waals surface area contributed by atoms with E-state index < -0.39 is 0 Å². The molecule has 1 atom stereocenters. The highest BCUT2D eigenvalue weighted by Gasteiger charge is 2.30. The van der Waals surface area contributed by atoms with Crippen molar-refractivity contribution in [3.05, 3.63) is 23.0 Å². The monoisotopic (exact) mass is 245 g/mol. The Labute approximate surface area is 110 Å². The lowest BCUT2D eigenvalue weighted by atomic mass is 9.92. The van der Waals surface area contributed by atoms with Gasteiger partial charge in [-0.2, -0.15) is 5.26 Å². The molecule has 1 aromatic rings. The quantitative estimate of drug-likeness (QED) is 0.889.